The summed E-state index contributed by atoms with van der Waals surface area (Å²) in [5.74, 6) is 3.20. The van der Waals surface area contributed by atoms with Crippen molar-refractivity contribution >= 4 is 34.4 Å². The number of hydrogen-bond acceptors (Lipinski definition) is 7. The molecule has 1 fully saturated rings. The number of aromatic amines is 1. The van der Waals surface area contributed by atoms with E-state index in [2.05, 4.69) is 9.97 Å². The Labute approximate surface area is 188 Å². The van der Waals surface area contributed by atoms with Gasteiger partial charge in [0.15, 0.2) is 5.69 Å². The Morgan fingerprint density at radius 3 is 2.36 bits per heavy atom. The zero-order chi connectivity index (χ0) is 23.5. The molecule has 0 bridgehead atoms. The molecule has 4 rings (SSSR count). The summed E-state index contributed by atoms with van der Waals surface area (Å²) in [5.41, 5.74) is 2.82. The average molecular weight is 450 g/mol. The number of hydrazine groups is 1. The van der Waals surface area contributed by atoms with E-state index in [-0.39, 0.29) is 46.9 Å². The zero-order valence-corrected chi connectivity index (χ0v) is 17.8. The van der Waals surface area contributed by atoms with Crippen LogP contribution in [-0.2, 0) is 4.79 Å². The quantitative estimate of drug-likeness (QED) is 0.167. The molecule has 170 valence electrons. The van der Waals surface area contributed by atoms with Crippen molar-refractivity contribution < 1.29 is 23.9 Å². The second kappa shape index (κ2) is 9.09. The molecular weight excluding hydrogens is 428 g/mol. The number of fused-ring (bicyclic) bond motifs is 1. The van der Waals surface area contributed by atoms with Crippen LogP contribution in [0.15, 0.2) is 42.7 Å². The normalized spacial score (nSPS) is 13.6. The smallest absolute Gasteiger partial charge is 0.295 e. The largest absolute Gasteiger partial charge is 0.494 e. The van der Waals surface area contributed by atoms with Crippen LogP contribution in [0.2, 0.25) is 0 Å². The van der Waals surface area contributed by atoms with Gasteiger partial charge in [0.1, 0.15) is 5.75 Å². The van der Waals surface area contributed by atoms with Gasteiger partial charge in [0.05, 0.1) is 29.8 Å². The fourth-order valence-corrected chi connectivity index (χ4v) is 3.83. The first kappa shape index (κ1) is 22.0. The van der Waals surface area contributed by atoms with Crippen molar-refractivity contribution in [2.45, 2.75) is 0 Å². The fraction of sp³-hybridized carbons (Fsp3) is 0.227. The SMILES string of the molecule is COc1cnc(C(=O)NN)c2[nH]cc(C(=O)C(=O)N3CCN(C(=O)c4ccccc4)CC3)c12. The van der Waals surface area contributed by atoms with Crippen molar-refractivity contribution in [3.05, 3.63) is 59.5 Å². The summed E-state index contributed by atoms with van der Waals surface area (Å²) in [4.78, 5) is 60.6. The van der Waals surface area contributed by atoms with E-state index in [4.69, 9.17) is 10.6 Å². The number of nitrogens with one attached hydrogen (secondary N) is 2. The number of H-pyrrole nitrogens is 1. The van der Waals surface area contributed by atoms with Gasteiger partial charge in [0, 0.05) is 37.9 Å². The van der Waals surface area contributed by atoms with Gasteiger partial charge < -0.3 is 19.5 Å². The molecule has 0 saturated carbocycles. The highest BCUT2D eigenvalue weighted by Gasteiger charge is 2.31. The summed E-state index contributed by atoms with van der Waals surface area (Å²) >= 11 is 0. The van der Waals surface area contributed by atoms with Crippen molar-refractivity contribution in [2.24, 2.45) is 5.84 Å². The summed E-state index contributed by atoms with van der Waals surface area (Å²) < 4.78 is 5.29. The number of pyridine rings is 1. The van der Waals surface area contributed by atoms with Gasteiger partial charge in [-0.2, -0.15) is 0 Å². The molecule has 0 atom stereocenters. The molecule has 4 N–H and O–H groups in total. The molecule has 2 aromatic heterocycles. The zero-order valence-electron chi connectivity index (χ0n) is 17.8. The molecule has 3 aromatic rings. The molecule has 3 heterocycles. The number of benzene rings is 1. The van der Waals surface area contributed by atoms with E-state index in [0.29, 0.717) is 18.7 Å². The number of ether oxygens (including phenoxy) is 1. The Hall–Kier alpha value is -4.25. The van der Waals surface area contributed by atoms with E-state index in [1.165, 1.54) is 24.4 Å². The molecule has 3 amide bonds. The molecule has 0 aliphatic carbocycles. The highest BCUT2D eigenvalue weighted by molar-refractivity contribution is 6.45. The summed E-state index contributed by atoms with van der Waals surface area (Å²) in [6, 6.07) is 8.89. The highest BCUT2D eigenvalue weighted by atomic mass is 16.5. The van der Waals surface area contributed by atoms with Gasteiger partial charge in [0.25, 0.3) is 23.5 Å². The monoisotopic (exact) mass is 450 g/mol. The van der Waals surface area contributed by atoms with E-state index >= 15 is 0 Å². The lowest BCUT2D eigenvalue weighted by molar-refractivity contribution is -0.127. The summed E-state index contributed by atoms with van der Waals surface area (Å²) in [6.07, 6.45) is 2.63. The minimum absolute atomic E-state index is 0.0344. The van der Waals surface area contributed by atoms with Crippen LogP contribution >= 0.6 is 0 Å². The second-order valence-corrected chi connectivity index (χ2v) is 7.38. The van der Waals surface area contributed by atoms with Gasteiger partial charge >= 0.3 is 0 Å². The molecular formula is C22H22N6O5. The minimum atomic E-state index is -0.757. The molecule has 11 nitrogen and oxygen atoms in total. The lowest BCUT2D eigenvalue weighted by Gasteiger charge is -2.34. The minimum Gasteiger partial charge on any atom is -0.494 e. The molecule has 11 heteroatoms. The summed E-state index contributed by atoms with van der Waals surface area (Å²) in [7, 11) is 1.39. The van der Waals surface area contributed by atoms with Crippen LogP contribution < -0.4 is 16.0 Å². The average Bonchev–Trinajstić information content (AvgIpc) is 3.32. The van der Waals surface area contributed by atoms with Gasteiger partial charge in [-0.1, -0.05) is 18.2 Å². The van der Waals surface area contributed by atoms with Crippen molar-refractivity contribution in [1.29, 1.82) is 0 Å². The number of Topliss-reactive ketones (excluding diaryl/α,β-unsaturated/α-hetero) is 1. The first-order valence-electron chi connectivity index (χ1n) is 10.2. The van der Waals surface area contributed by atoms with Crippen LogP contribution in [0.4, 0.5) is 0 Å². The number of carbonyl (C=O) groups excluding carboxylic acids is 4. The lowest BCUT2D eigenvalue weighted by Crippen LogP contribution is -2.52. The maximum atomic E-state index is 13.1. The van der Waals surface area contributed by atoms with Crippen molar-refractivity contribution in [1.82, 2.24) is 25.2 Å². The number of piperazine rings is 1. The number of methoxy groups -OCH3 is 1. The fourth-order valence-electron chi connectivity index (χ4n) is 3.83. The number of rotatable bonds is 5. The topological polar surface area (TPSA) is 151 Å². The number of amides is 3. The van der Waals surface area contributed by atoms with Gasteiger partial charge in [0.2, 0.25) is 0 Å². The summed E-state index contributed by atoms with van der Waals surface area (Å²) in [6.45, 7) is 1.08. The third-order valence-corrected chi connectivity index (χ3v) is 5.55. The second-order valence-electron chi connectivity index (χ2n) is 7.38. The molecule has 1 aromatic carbocycles. The Balaban J connectivity index is 1.53. The van der Waals surface area contributed by atoms with Gasteiger partial charge in [-0.25, -0.2) is 10.8 Å². The van der Waals surface area contributed by atoms with E-state index in [1.54, 1.807) is 29.2 Å². The van der Waals surface area contributed by atoms with E-state index < -0.39 is 17.6 Å². The van der Waals surface area contributed by atoms with Crippen LogP contribution in [0.5, 0.6) is 5.75 Å². The molecule has 1 aliphatic heterocycles. The van der Waals surface area contributed by atoms with E-state index in [9.17, 15) is 19.2 Å². The number of carbonyl (C=O) groups is 4. The standard InChI is InChI=1S/C22H22N6O5/c1-33-15-12-25-18(20(30)26-23)17-16(15)14(11-24-17)19(29)22(32)28-9-7-27(8-10-28)21(31)13-5-3-2-4-6-13/h2-6,11-12,24H,7-10,23H2,1H3,(H,26,30). The van der Waals surface area contributed by atoms with E-state index in [0.717, 1.165) is 0 Å². The third kappa shape index (κ3) is 4.01. The number of nitrogen functional groups attached to an aromatic ring is 1. The van der Waals surface area contributed by atoms with Crippen LogP contribution in [-0.4, -0.2) is 76.6 Å². The Morgan fingerprint density at radius 2 is 1.73 bits per heavy atom. The molecule has 0 unspecified atom stereocenters. The Bertz CT molecular complexity index is 1230. The number of aromatic nitrogens is 2. The van der Waals surface area contributed by atoms with E-state index in [1.807, 2.05) is 11.5 Å². The predicted octanol–water partition coefficient (Wildman–Crippen LogP) is 0.342. The van der Waals surface area contributed by atoms with Gasteiger partial charge in [-0.15, -0.1) is 0 Å². The first-order chi connectivity index (χ1) is 16.0. The highest BCUT2D eigenvalue weighted by Crippen LogP contribution is 2.30. The Kier molecular flexibility index (Phi) is 6.05. The molecule has 0 spiro atoms. The number of nitrogens with zero attached hydrogens (tertiary/aromatic N) is 3. The van der Waals surface area contributed by atoms with Crippen LogP contribution in [0.1, 0.15) is 31.2 Å². The lowest BCUT2D eigenvalue weighted by atomic mass is 10.1. The maximum Gasteiger partial charge on any atom is 0.295 e. The number of nitrogens with two attached hydrogens (primary N) is 1. The summed E-state index contributed by atoms with van der Waals surface area (Å²) in [5, 5.41) is 0.266. The van der Waals surface area contributed by atoms with Crippen LogP contribution in [0.3, 0.4) is 0 Å². The molecule has 33 heavy (non-hydrogen) atoms. The van der Waals surface area contributed by atoms with Crippen molar-refractivity contribution in [3.8, 4) is 5.75 Å². The van der Waals surface area contributed by atoms with Crippen molar-refractivity contribution in [3.63, 3.8) is 0 Å². The maximum absolute atomic E-state index is 13.1. The van der Waals surface area contributed by atoms with Gasteiger partial charge in [-0.05, 0) is 12.1 Å². The van der Waals surface area contributed by atoms with Crippen molar-refractivity contribution in [2.75, 3.05) is 33.3 Å². The molecule has 1 saturated heterocycles. The third-order valence-electron chi connectivity index (χ3n) is 5.55. The number of ketones is 1. The number of hydrogen-bond donors (Lipinski definition) is 3. The van der Waals surface area contributed by atoms with Crippen LogP contribution in [0, 0.1) is 0 Å². The van der Waals surface area contributed by atoms with Gasteiger partial charge in [-0.3, -0.25) is 24.6 Å². The molecule has 1 aliphatic rings. The first-order valence-corrected chi connectivity index (χ1v) is 10.2. The van der Waals surface area contributed by atoms with Crippen LogP contribution in [0.25, 0.3) is 10.9 Å². The molecule has 0 radical (unpaired) electrons. The Morgan fingerprint density at radius 1 is 1.06 bits per heavy atom. The predicted molar refractivity (Wildman–Crippen MR) is 118 cm³/mol.